The lowest BCUT2D eigenvalue weighted by molar-refractivity contribution is -0.134. The highest BCUT2D eigenvalue weighted by molar-refractivity contribution is 5.93. The van der Waals surface area contributed by atoms with E-state index in [0.717, 1.165) is 16.5 Å². The maximum atomic E-state index is 10.5. The van der Waals surface area contributed by atoms with Gasteiger partial charge in [0.2, 0.25) is 0 Å². The standard InChI is InChI=1S/C12H12N2O3/c1-17-9-2-3-10-8(6-9)4-5-13-12(10)14-7-11(15)16/h2-6H,7H2,1H3,(H,13,14)(H,15,16). The van der Waals surface area contributed by atoms with Crippen molar-refractivity contribution in [2.45, 2.75) is 0 Å². The van der Waals surface area contributed by atoms with Crippen LogP contribution in [0.1, 0.15) is 0 Å². The minimum Gasteiger partial charge on any atom is -0.497 e. The molecule has 17 heavy (non-hydrogen) atoms. The zero-order chi connectivity index (χ0) is 12.3. The van der Waals surface area contributed by atoms with Crippen molar-refractivity contribution in [3.63, 3.8) is 0 Å². The molecule has 0 spiro atoms. The maximum absolute atomic E-state index is 10.5. The number of carboxylic acids is 1. The van der Waals surface area contributed by atoms with Crippen LogP contribution in [0.25, 0.3) is 10.8 Å². The molecule has 5 nitrogen and oxygen atoms in total. The molecule has 0 unspecified atom stereocenters. The second-order valence-corrected chi connectivity index (χ2v) is 3.49. The lowest BCUT2D eigenvalue weighted by Crippen LogP contribution is -2.13. The number of nitrogens with one attached hydrogen (secondary N) is 1. The molecule has 0 aliphatic carbocycles. The molecule has 0 saturated heterocycles. The molecule has 1 aromatic heterocycles. The molecule has 0 aliphatic heterocycles. The molecule has 1 heterocycles. The molecule has 0 radical (unpaired) electrons. The Morgan fingerprint density at radius 2 is 2.29 bits per heavy atom. The van der Waals surface area contributed by atoms with E-state index in [1.165, 1.54) is 0 Å². The summed E-state index contributed by atoms with van der Waals surface area (Å²) in [5.74, 6) is 0.401. The van der Waals surface area contributed by atoms with Gasteiger partial charge in [-0.25, -0.2) is 4.98 Å². The fourth-order valence-electron chi connectivity index (χ4n) is 1.58. The van der Waals surface area contributed by atoms with Crippen molar-refractivity contribution in [2.24, 2.45) is 0 Å². The Balaban J connectivity index is 2.39. The molecule has 0 aliphatic rings. The first kappa shape index (κ1) is 11.2. The van der Waals surface area contributed by atoms with Crippen LogP contribution in [0.15, 0.2) is 30.5 Å². The first-order valence-corrected chi connectivity index (χ1v) is 5.09. The molecular weight excluding hydrogens is 220 g/mol. The number of aliphatic carboxylic acids is 1. The average Bonchev–Trinajstić information content (AvgIpc) is 2.35. The van der Waals surface area contributed by atoms with E-state index in [9.17, 15) is 4.79 Å². The summed E-state index contributed by atoms with van der Waals surface area (Å²) in [5.41, 5.74) is 0. The van der Waals surface area contributed by atoms with Gasteiger partial charge in [-0.1, -0.05) is 0 Å². The third-order valence-corrected chi connectivity index (χ3v) is 2.38. The number of methoxy groups -OCH3 is 1. The Kier molecular flexibility index (Phi) is 3.09. The summed E-state index contributed by atoms with van der Waals surface area (Å²) >= 11 is 0. The van der Waals surface area contributed by atoms with E-state index in [0.29, 0.717) is 5.82 Å². The lowest BCUT2D eigenvalue weighted by Gasteiger charge is -2.07. The van der Waals surface area contributed by atoms with Gasteiger partial charge >= 0.3 is 5.97 Å². The van der Waals surface area contributed by atoms with E-state index < -0.39 is 5.97 Å². The Bertz CT molecular complexity index is 554. The number of carbonyl (C=O) groups is 1. The van der Waals surface area contributed by atoms with Crippen LogP contribution in [0.3, 0.4) is 0 Å². The summed E-state index contributed by atoms with van der Waals surface area (Å²) in [4.78, 5) is 14.6. The van der Waals surface area contributed by atoms with Crippen molar-refractivity contribution in [3.05, 3.63) is 30.5 Å². The monoisotopic (exact) mass is 232 g/mol. The Morgan fingerprint density at radius 1 is 1.47 bits per heavy atom. The number of ether oxygens (including phenoxy) is 1. The van der Waals surface area contributed by atoms with Gasteiger partial charge < -0.3 is 15.2 Å². The number of nitrogens with zero attached hydrogens (tertiary/aromatic N) is 1. The highest BCUT2D eigenvalue weighted by Crippen LogP contribution is 2.24. The van der Waals surface area contributed by atoms with Gasteiger partial charge in [0.15, 0.2) is 0 Å². The number of carboxylic acid groups (broad SMARTS) is 1. The fourth-order valence-corrected chi connectivity index (χ4v) is 1.58. The number of benzene rings is 1. The normalized spacial score (nSPS) is 10.2. The topological polar surface area (TPSA) is 71.5 Å². The average molecular weight is 232 g/mol. The number of hydrogen-bond donors (Lipinski definition) is 2. The second-order valence-electron chi connectivity index (χ2n) is 3.49. The number of pyridine rings is 1. The number of aromatic nitrogens is 1. The predicted molar refractivity (Wildman–Crippen MR) is 64.4 cm³/mol. The highest BCUT2D eigenvalue weighted by Gasteiger charge is 2.04. The molecule has 88 valence electrons. The summed E-state index contributed by atoms with van der Waals surface area (Å²) in [7, 11) is 1.60. The van der Waals surface area contributed by atoms with Gasteiger partial charge in [-0.15, -0.1) is 0 Å². The first-order chi connectivity index (χ1) is 8.20. The van der Waals surface area contributed by atoms with E-state index in [1.807, 2.05) is 24.3 Å². The third-order valence-electron chi connectivity index (χ3n) is 2.38. The van der Waals surface area contributed by atoms with Gasteiger partial charge in [0, 0.05) is 11.6 Å². The van der Waals surface area contributed by atoms with Crippen LogP contribution in [-0.2, 0) is 4.79 Å². The van der Waals surface area contributed by atoms with Crippen LogP contribution >= 0.6 is 0 Å². The van der Waals surface area contributed by atoms with Crippen molar-refractivity contribution in [1.29, 1.82) is 0 Å². The Morgan fingerprint density at radius 3 is 3.00 bits per heavy atom. The number of hydrogen-bond acceptors (Lipinski definition) is 4. The Labute approximate surface area is 98.0 Å². The van der Waals surface area contributed by atoms with Crippen molar-refractivity contribution in [3.8, 4) is 5.75 Å². The minimum absolute atomic E-state index is 0.155. The van der Waals surface area contributed by atoms with E-state index in [-0.39, 0.29) is 6.54 Å². The predicted octanol–water partition coefficient (Wildman–Crippen LogP) is 1.74. The molecule has 0 amide bonds. The molecule has 0 fully saturated rings. The van der Waals surface area contributed by atoms with Crippen LogP contribution in [0, 0.1) is 0 Å². The molecule has 0 atom stereocenters. The number of anilines is 1. The van der Waals surface area contributed by atoms with Crippen LogP contribution in [0.4, 0.5) is 5.82 Å². The largest absolute Gasteiger partial charge is 0.497 e. The van der Waals surface area contributed by atoms with Crippen LogP contribution in [0.5, 0.6) is 5.75 Å². The summed E-state index contributed by atoms with van der Waals surface area (Å²) in [6.45, 7) is -0.155. The van der Waals surface area contributed by atoms with Gasteiger partial charge in [-0.2, -0.15) is 0 Å². The van der Waals surface area contributed by atoms with Crippen LogP contribution in [0.2, 0.25) is 0 Å². The fraction of sp³-hybridized carbons (Fsp3) is 0.167. The first-order valence-electron chi connectivity index (χ1n) is 5.09. The molecule has 0 saturated carbocycles. The molecular formula is C12H12N2O3. The van der Waals surface area contributed by atoms with Gasteiger partial charge in [-0.05, 0) is 29.7 Å². The molecule has 1 aromatic carbocycles. The van der Waals surface area contributed by atoms with Crippen molar-refractivity contribution in [1.82, 2.24) is 4.98 Å². The van der Waals surface area contributed by atoms with Crippen molar-refractivity contribution < 1.29 is 14.6 Å². The van der Waals surface area contributed by atoms with Crippen LogP contribution < -0.4 is 10.1 Å². The van der Waals surface area contributed by atoms with E-state index in [2.05, 4.69) is 10.3 Å². The van der Waals surface area contributed by atoms with Gasteiger partial charge in [0.05, 0.1) is 7.11 Å². The van der Waals surface area contributed by atoms with E-state index in [1.54, 1.807) is 13.3 Å². The molecule has 5 heteroatoms. The van der Waals surface area contributed by atoms with Crippen LogP contribution in [-0.4, -0.2) is 29.7 Å². The van der Waals surface area contributed by atoms with E-state index in [4.69, 9.17) is 9.84 Å². The van der Waals surface area contributed by atoms with Gasteiger partial charge in [0.1, 0.15) is 18.1 Å². The lowest BCUT2D eigenvalue weighted by atomic mass is 10.1. The zero-order valence-corrected chi connectivity index (χ0v) is 9.30. The molecule has 2 N–H and O–H groups in total. The zero-order valence-electron chi connectivity index (χ0n) is 9.30. The summed E-state index contributed by atoms with van der Waals surface area (Å²) in [5, 5.41) is 13.2. The highest BCUT2D eigenvalue weighted by atomic mass is 16.5. The SMILES string of the molecule is COc1ccc2c(NCC(=O)O)nccc2c1. The molecule has 0 bridgehead atoms. The Hall–Kier alpha value is -2.30. The summed E-state index contributed by atoms with van der Waals surface area (Å²) < 4.78 is 5.13. The smallest absolute Gasteiger partial charge is 0.322 e. The van der Waals surface area contributed by atoms with E-state index >= 15 is 0 Å². The number of fused-ring (bicyclic) bond motifs is 1. The summed E-state index contributed by atoms with van der Waals surface area (Å²) in [6.07, 6.45) is 1.63. The molecule has 2 rings (SSSR count). The number of rotatable bonds is 4. The third kappa shape index (κ3) is 2.44. The quantitative estimate of drug-likeness (QED) is 0.840. The van der Waals surface area contributed by atoms with Crippen molar-refractivity contribution >= 4 is 22.6 Å². The van der Waals surface area contributed by atoms with Gasteiger partial charge in [-0.3, -0.25) is 4.79 Å². The van der Waals surface area contributed by atoms with Crippen molar-refractivity contribution in [2.75, 3.05) is 19.0 Å². The second kappa shape index (κ2) is 4.69. The molecule has 2 aromatic rings. The summed E-state index contributed by atoms with van der Waals surface area (Å²) in [6, 6.07) is 7.40. The minimum atomic E-state index is -0.919. The van der Waals surface area contributed by atoms with Gasteiger partial charge in [0.25, 0.3) is 0 Å². The maximum Gasteiger partial charge on any atom is 0.322 e.